The van der Waals surface area contributed by atoms with E-state index in [1.54, 1.807) is 31.3 Å². The summed E-state index contributed by atoms with van der Waals surface area (Å²) in [5.41, 5.74) is 8.09. The first-order valence-electron chi connectivity index (χ1n) is 7.04. The summed E-state index contributed by atoms with van der Waals surface area (Å²) >= 11 is 0. The van der Waals surface area contributed by atoms with Crippen LogP contribution in [0.3, 0.4) is 0 Å². The van der Waals surface area contributed by atoms with Crippen LogP contribution in [0, 0.1) is 0 Å². The highest BCUT2D eigenvalue weighted by atomic mass is 16.2. The summed E-state index contributed by atoms with van der Waals surface area (Å²) in [4.78, 5) is 25.0. The van der Waals surface area contributed by atoms with Crippen LogP contribution in [0.4, 0.5) is 16.2 Å². The van der Waals surface area contributed by atoms with Gasteiger partial charge in [-0.3, -0.25) is 9.69 Å². The largest absolute Gasteiger partial charge is 0.366 e. The maximum absolute atomic E-state index is 12.3. The minimum Gasteiger partial charge on any atom is -0.366 e. The Morgan fingerprint density at radius 3 is 2.55 bits per heavy atom. The first-order valence-corrected chi connectivity index (χ1v) is 7.04. The van der Waals surface area contributed by atoms with Gasteiger partial charge in [-0.05, 0) is 42.3 Å². The summed E-state index contributed by atoms with van der Waals surface area (Å²) in [5, 5.41) is 2.75. The van der Waals surface area contributed by atoms with Crippen LogP contribution in [0.2, 0.25) is 0 Å². The van der Waals surface area contributed by atoms with Crippen LogP contribution in [0.5, 0.6) is 0 Å². The number of benzene rings is 2. The molecule has 3 N–H and O–H groups in total. The number of aryl methyl sites for hydroxylation is 1. The van der Waals surface area contributed by atoms with Crippen molar-refractivity contribution < 1.29 is 9.59 Å². The molecule has 3 amide bonds. The highest BCUT2D eigenvalue weighted by Gasteiger charge is 2.12. The van der Waals surface area contributed by atoms with Gasteiger partial charge in [0, 0.05) is 24.0 Å². The molecule has 0 aliphatic carbocycles. The molecule has 0 saturated carbocycles. The number of carbonyl (C=O) groups is 2. The van der Waals surface area contributed by atoms with Gasteiger partial charge in [0.25, 0.3) is 0 Å². The van der Waals surface area contributed by atoms with Crippen LogP contribution in [0.25, 0.3) is 0 Å². The average Bonchev–Trinajstić information content (AvgIpc) is 2.54. The fourth-order valence-corrected chi connectivity index (χ4v) is 2.06. The van der Waals surface area contributed by atoms with Gasteiger partial charge in [-0.1, -0.05) is 25.1 Å². The Bertz CT molecular complexity index is 698. The number of anilines is 2. The third-order valence-corrected chi connectivity index (χ3v) is 3.41. The van der Waals surface area contributed by atoms with Gasteiger partial charge in [0.1, 0.15) is 0 Å². The minimum atomic E-state index is -0.528. The molecule has 0 aromatic heterocycles. The summed E-state index contributed by atoms with van der Waals surface area (Å²) in [6.07, 6.45) is 0.907. The van der Waals surface area contributed by atoms with Crippen LogP contribution in [0.15, 0.2) is 48.5 Å². The number of rotatable bonds is 4. The van der Waals surface area contributed by atoms with Gasteiger partial charge >= 0.3 is 6.03 Å². The van der Waals surface area contributed by atoms with E-state index < -0.39 is 5.91 Å². The van der Waals surface area contributed by atoms with E-state index in [0.29, 0.717) is 11.3 Å². The third kappa shape index (κ3) is 3.63. The molecule has 0 fully saturated rings. The number of primary amides is 1. The van der Waals surface area contributed by atoms with Crippen LogP contribution in [-0.4, -0.2) is 19.0 Å². The number of nitrogens with one attached hydrogen (secondary N) is 1. The molecule has 0 atom stereocenters. The predicted molar refractivity (Wildman–Crippen MR) is 88.2 cm³/mol. The molecule has 114 valence electrons. The van der Waals surface area contributed by atoms with E-state index in [1.807, 2.05) is 24.3 Å². The molecule has 5 nitrogen and oxygen atoms in total. The van der Waals surface area contributed by atoms with Crippen LogP contribution in [0.1, 0.15) is 22.8 Å². The molecule has 22 heavy (non-hydrogen) atoms. The molecule has 2 aromatic rings. The topological polar surface area (TPSA) is 75.4 Å². The fourth-order valence-electron chi connectivity index (χ4n) is 2.06. The standard InChI is InChI=1S/C17H19N3O2/c1-3-12-6-4-9-15(10-12)20(2)17(22)19-14-8-5-7-13(11-14)16(18)21/h4-11H,3H2,1-2H3,(H2,18,21)(H,19,22). The van der Waals surface area contributed by atoms with Crippen molar-refractivity contribution in [2.45, 2.75) is 13.3 Å². The molecule has 0 unspecified atom stereocenters. The maximum Gasteiger partial charge on any atom is 0.326 e. The molecule has 0 bridgehead atoms. The second-order valence-corrected chi connectivity index (χ2v) is 4.96. The van der Waals surface area contributed by atoms with Crippen LogP contribution >= 0.6 is 0 Å². The zero-order chi connectivity index (χ0) is 16.1. The zero-order valence-corrected chi connectivity index (χ0v) is 12.7. The fraction of sp³-hybridized carbons (Fsp3) is 0.176. The van der Waals surface area contributed by atoms with Gasteiger partial charge in [0.15, 0.2) is 0 Å². The van der Waals surface area contributed by atoms with E-state index in [2.05, 4.69) is 12.2 Å². The van der Waals surface area contributed by atoms with Crippen molar-refractivity contribution in [3.63, 3.8) is 0 Å². The molecule has 0 saturated heterocycles. The van der Waals surface area contributed by atoms with E-state index in [9.17, 15) is 9.59 Å². The average molecular weight is 297 g/mol. The van der Waals surface area contributed by atoms with Crippen LogP contribution < -0.4 is 16.0 Å². The number of hydrogen-bond acceptors (Lipinski definition) is 2. The smallest absolute Gasteiger partial charge is 0.326 e. The van der Waals surface area contributed by atoms with Gasteiger partial charge in [0.05, 0.1) is 0 Å². The van der Waals surface area contributed by atoms with Crippen molar-refractivity contribution in [1.29, 1.82) is 0 Å². The molecular weight excluding hydrogens is 278 g/mol. The van der Waals surface area contributed by atoms with E-state index in [0.717, 1.165) is 17.7 Å². The second-order valence-electron chi connectivity index (χ2n) is 4.96. The first kappa shape index (κ1) is 15.6. The van der Waals surface area contributed by atoms with E-state index >= 15 is 0 Å². The summed E-state index contributed by atoms with van der Waals surface area (Å²) in [5.74, 6) is -0.528. The molecule has 0 heterocycles. The summed E-state index contributed by atoms with van der Waals surface area (Å²) in [6, 6.07) is 14.0. The molecule has 0 aliphatic rings. The van der Waals surface area contributed by atoms with Crippen molar-refractivity contribution in [2.24, 2.45) is 5.73 Å². The van der Waals surface area contributed by atoms with Crippen molar-refractivity contribution in [3.05, 3.63) is 59.7 Å². The van der Waals surface area contributed by atoms with Gasteiger partial charge in [-0.15, -0.1) is 0 Å². The molecule has 5 heteroatoms. The lowest BCUT2D eigenvalue weighted by Gasteiger charge is -2.19. The number of hydrogen-bond donors (Lipinski definition) is 2. The van der Waals surface area contributed by atoms with E-state index in [1.165, 1.54) is 4.90 Å². The number of nitrogens with zero attached hydrogens (tertiary/aromatic N) is 1. The van der Waals surface area contributed by atoms with Gasteiger partial charge in [0.2, 0.25) is 5.91 Å². The monoisotopic (exact) mass is 297 g/mol. The molecule has 0 aliphatic heterocycles. The molecule has 0 radical (unpaired) electrons. The summed E-state index contributed by atoms with van der Waals surface area (Å²) in [7, 11) is 1.70. The van der Waals surface area contributed by atoms with Crippen molar-refractivity contribution in [2.75, 3.05) is 17.3 Å². The SMILES string of the molecule is CCc1cccc(N(C)C(=O)Nc2cccc(C(N)=O)c2)c1. The highest BCUT2D eigenvalue weighted by Crippen LogP contribution is 2.17. The lowest BCUT2D eigenvalue weighted by molar-refractivity contribution is 0.100. The minimum absolute atomic E-state index is 0.283. The Kier molecular flexibility index (Phi) is 4.78. The normalized spacial score (nSPS) is 10.1. The number of urea groups is 1. The Morgan fingerprint density at radius 1 is 1.14 bits per heavy atom. The van der Waals surface area contributed by atoms with Gasteiger partial charge in [-0.2, -0.15) is 0 Å². The van der Waals surface area contributed by atoms with Crippen molar-refractivity contribution in [1.82, 2.24) is 0 Å². The quantitative estimate of drug-likeness (QED) is 0.910. The first-order chi connectivity index (χ1) is 10.5. The Labute approximate surface area is 129 Å². The van der Waals surface area contributed by atoms with Crippen molar-refractivity contribution >= 4 is 23.3 Å². The maximum atomic E-state index is 12.3. The molecule has 2 aromatic carbocycles. The van der Waals surface area contributed by atoms with E-state index in [4.69, 9.17) is 5.73 Å². The van der Waals surface area contributed by atoms with Crippen LogP contribution in [-0.2, 0) is 6.42 Å². The molecule has 0 spiro atoms. The lowest BCUT2D eigenvalue weighted by atomic mass is 10.1. The number of nitrogens with two attached hydrogens (primary N) is 1. The number of amides is 3. The molecule has 2 rings (SSSR count). The van der Waals surface area contributed by atoms with Crippen molar-refractivity contribution in [3.8, 4) is 0 Å². The summed E-state index contributed by atoms with van der Waals surface area (Å²) < 4.78 is 0. The Balaban J connectivity index is 2.14. The van der Waals surface area contributed by atoms with Gasteiger partial charge < -0.3 is 11.1 Å². The Hall–Kier alpha value is -2.82. The lowest BCUT2D eigenvalue weighted by Crippen LogP contribution is -2.31. The van der Waals surface area contributed by atoms with E-state index in [-0.39, 0.29) is 6.03 Å². The summed E-state index contributed by atoms with van der Waals surface area (Å²) in [6.45, 7) is 2.06. The Morgan fingerprint density at radius 2 is 1.86 bits per heavy atom. The molecular formula is C17H19N3O2. The predicted octanol–water partition coefficient (Wildman–Crippen LogP) is 3.02. The highest BCUT2D eigenvalue weighted by molar-refractivity contribution is 6.02. The second kappa shape index (κ2) is 6.76. The zero-order valence-electron chi connectivity index (χ0n) is 12.7. The third-order valence-electron chi connectivity index (χ3n) is 3.41. The number of carbonyl (C=O) groups excluding carboxylic acids is 2. The van der Waals surface area contributed by atoms with Gasteiger partial charge in [-0.25, -0.2) is 4.79 Å².